The molecule has 7 heteroatoms. The van der Waals surface area contributed by atoms with Crippen molar-refractivity contribution in [2.75, 3.05) is 17.7 Å². The van der Waals surface area contributed by atoms with Crippen molar-refractivity contribution in [1.82, 2.24) is 14.5 Å². The highest BCUT2D eigenvalue weighted by atomic mass is 16.2. The molecule has 22 heavy (non-hydrogen) atoms. The summed E-state index contributed by atoms with van der Waals surface area (Å²) < 4.78 is 1.42. The lowest BCUT2D eigenvalue weighted by Crippen LogP contribution is -2.37. The zero-order chi connectivity index (χ0) is 16.1. The molecule has 3 N–H and O–H groups in total. The maximum atomic E-state index is 12.1. The molecule has 118 valence electrons. The molecular weight excluding hydrogens is 282 g/mol. The molecule has 2 aromatic rings. The second kappa shape index (κ2) is 6.93. The van der Waals surface area contributed by atoms with Crippen molar-refractivity contribution in [2.45, 2.75) is 32.9 Å². The molecular formula is C15H21N5O2. The van der Waals surface area contributed by atoms with E-state index in [9.17, 15) is 9.59 Å². The number of nitrogens with one attached hydrogen (secondary N) is 1. The van der Waals surface area contributed by atoms with Crippen LogP contribution in [0, 0.1) is 0 Å². The van der Waals surface area contributed by atoms with Gasteiger partial charge in [0, 0.05) is 32.5 Å². The van der Waals surface area contributed by atoms with Crippen molar-refractivity contribution in [3.05, 3.63) is 50.9 Å². The predicted molar refractivity (Wildman–Crippen MR) is 87.0 cm³/mol. The van der Waals surface area contributed by atoms with Gasteiger partial charge in [0.1, 0.15) is 11.5 Å². The maximum Gasteiger partial charge on any atom is 0.330 e. The third-order valence-electron chi connectivity index (χ3n) is 3.47. The quantitative estimate of drug-likeness (QED) is 0.828. The van der Waals surface area contributed by atoms with Gasteiger partial charge in [0.05, 0.1) is 0 Å². The first-order valence-corrected chi connectivity index (χ1v) is 7.27. The molecule has 0 radical (unpaired) electrons. The van der Waals surface area contributed by atoms with Crippen molar-refractivity contribution >= 4 is 11.5 Å². The fourth-order valence-corrected chi connectivity index (χ4v) is 2.33. The van der Waals surface area contributed by atoms with Gasteiger partial charge in [0.25, 0.3) is 5.56 Å². The Morgan fingerprint density at radius 3 is 2.82 bits per heavy atom. The molecule has 0 spiro atoms. The highest BCUT2D eigenvalue weighted by Gasteiger charge is 2.16. The van der Waals surface area contributed by atoms with Gasteiger partial charge in [-0.3, -0.25) is 19.3 Å². The van der Waals surface area contributed by atoms with Crippen LogP contribution in [0.2, 0.25) is 0 Å². The van der Waals surface area contributed by atoms with E-state index in [0.29, 0.717) is 18.8 Å². The average Bonchev–Trinajstić information content (AvgIpc) is 2.47. The Morgan fingerprint density at radius 1 is 1.41 bits per heavy atom. The SMILES string of the molecule is CCCCn1c(N)c(N(C)Cc2cccnc2)c(=O)[nH]c1=O. The van der Waals surface area contributed by atoms with Gasteiger partial charge in [-0.05, 0) is 18.1 Å². The van der Waals surface area contributed by atoms with E-state index in [1.807, 2.05) is 19.1 Å². The number of rotatable bonds is 6. The summed E-state index contributed by atoms with van der Waals surface area (Å²) in [5, 5.41) is 0. The summed E-state index contributed by atoms with van der Waals surface area (Å²) in [5.41, 5.74) is 6.39. The highest BCUT2D eigenvalue weighted by Crippen LogP contribution is 2.17. The minimum Gasteiger partial charge on any atom is -0.383 e. The van der Waals surface area contributed by atoms with Gasteiger partial charge in [0.2, 0.25) is 0 Å². The Balaban J connectivity index is 2.37. The topological polar surface area (TPSA) is 97.0 Å². The summed E-state index contributed by atoms with van der Waals surface area (Å²) in [6.45, 7) is 3.00. The molecule has 7 nitrogen and oxygen atoms in total. The molecule has 2 heterocycles. The minimum atomic E-state index is -0.471. The van der Waals surface area contributed by atoms with Crippen LogP contribution < -0.4 is 21.9 Å². The summed E-state index contributed by atoms with van der Waals surface area (Å²) in [6.07, 6.45) is 5.18. The fraction of sp³-hybridized carbons (Fsp3) is 0.400. The van der Waals surface area contributed by atoms with E-state index in [2.05, 4.69) is 9.97 Å². The van der Waals surface area contributed by atoms with Gasteiger partial charge in [-0.25, -0.2) is 4.79 Å². The number of anilines is 2. The summed E-state index contributed by atoms with van der Waals surface area (Å²) in [4.78, 5) is 32.1. The molecule has 0 bridgehead atoms. The molecule has 0 amide bonds. The first-order chi connectivity index (χ1) is 10.5. The number of nitrogens with zero attached hydrogens (tertiary/aromatic N) is 3. The van der Waals surface area contributed by atoms with Crippen LogP contribution in [-0.4, -0.2) is 21.6 Å². The monoisotopic (exact) mass is 303 g/mol. The molecule has 2 rings (SSSR count). The number of H-pyrrole nitrogens is 1. The van der Waals surface area contributed by atoms with Crippen LogP contribution in [0.5, 0.6) is 0 Å². The normalized spacial score (nSPS) is 10.6. The number of aromatic amines is 1. The zero-order valence-corrected chi connectivity index (χ0v) is 12.9. The molecule has 0 fully saturated rings. The highest BCUT2D eigenvalue weighted by molar-refractivity contribution is 5.62. The van der Waals surface area contributed by atoms with Gasteiger partial charge in [-0.1, -0.05) is 19.4 Å². The van der Waals surface area contributed by atoms with E-state index >= 15 is 0 Å². The van der Waals surface area contributed by atoms with Crippen molar-refractivity contribution in [3.63, 3.8) is 0 Å². The molecule has 2 aromatic heterocycles. The van der Waals surface area contributed by atoms with E-state index in [0.717, 1.165) is 18.4 Å². The Hall–Kier alpha value is -2.57. The van der Waals surface area contributed by atoms with Crippen molar-refractivity contribution < 1.29 is 0 Å². The fourth-order valence-electron chi connectivity index (χ4n) is 2.33. The molecule has 0 saturated carbocycles. The van der Waals surface area contributed by atoms with Gasteiger partial charge in [-0.15, -0.1) is 0 Å². The molecule has 0 saturated heterocycles. The van der Waals surface area contributed by atoms with Gasteiger partial charge >= 0.3 is 5.69 Å². The third kappa shape index (κ3) is 3.36. The van der Waals surface area contributed by atoms with Crippen LogP contribution >= 0.6 is 0 Å². The Morgan fingerprint density at radius 2 is 2.18 bits per heavy atom. The summed E-state index contributed by atoms with van der Waals surface area (Å²) in [5.74, 6) is 0.202. The van der Waals surface area contributed by atoms with E-state index < -0.39 is 11.2 Å². The Kier molecular flexibility index (Phi) is 4.98. The summed E-state index contributed by atoms with van der Waals surface area (Å²) >= 11 is 0. The molecule has 0 unspecified atom stereocenters. The second-order valence-corrected chi connectivity index (χ2v) is 5.22. The number of nitrogens with two attached hydrogens (primary N) is 1. The lowest BCUT2D eigenvalue weighted by Gasteiger charge is -2.21. The molecule has 0 aliphatic carbocycles. The Labute approximate surface area is 128 Å². The van der Waals surface area contributed by atoms with Crippen LogP contribution in [0.4, 0.5) is 11.5 Å². The molecule has 0 aliphatic rings. The number of hydrogen-bond donors (Lipinski definition) is 2. The lowest BCUT2D eigenvalue weighted by molar-refractivity contribution is 0.603. The number of nitrogen functional groups attached to an aromatic ring is 1. The summed E-state index contributed by atoms with van der Waals surface area (Å²) in [6, 6.07) is 3.75. The van der Waals surface area contributed by atoms with Crippen LogP contribution in [0.3, 0.4) is 0 Å². The number of aromatic nitrogens is 3. The second-order valence-electron chi connectivity index (χ2n) is 5.22. The van der Waals surface area contributed by atoms with Crippen LogP contribution in [0.1, 0.15) is 25.3 Å². The van der Waals surface area contributed by atoms with Crippen LogP contribution in [0.15, 0.2) is 34.1 Å². The maximum absolute atomic E-state index is 12.1. The van der Waals surface area contributed by atoms with Crippen molar-refractivity contribution in [3.8, 4) is 0 Å². The van der Waals surface area contributed by atoms with Gasteiger partial charge < -0.3 is 10.6 Å². The molecule has 0 aromatic carbocycles. The number of pyridine rings is 1. The average molecular weight is 303 g/mol. The summed E-state index contributed by atoms with van der Waals surface area (Å²) in [7, 11) is 1.77. The number of unbranched alkanes of at least 4 members (excludes halogenated alkanes) is 1. The van der Waals surface area contributed by atoms with E-state index in [1.165, 1.54) is 4.57 Å². The van der Waals surface area contributed by atoms with Crippen LogP contribution in [-0.2, 0) is 13.1 Å². The first kappa shape index (κ1) is 15.8. The zero-order valence-electron chi connectivity index (χ0n) is 12.9. The van der Waals surface area contributed by atoms with E-state index in [4.69, 9.17) is 5.73 Å². The molecule has 0 atom stereocenters. The minimum absolute atomic E-state index is 0.202. The predicted octanol–water partition coefficient (Wildman–Crippen LogP) is 0.950. The lowest BCUT2D eigenvalue weighted by atomic mass is 10.2. The van der Waals surface area contributed by atoms with Crippen LogP contribution in [0.25, 0.3) is 0 Å². The Bertz CT molecular complexity index is 736. The number of hydrogen-bond acceptors (Lipinski definition) is 5. The molecule has 0 aliphatic heterocycles. The van der Waals surface area contributed by atoms with Gasteiger partial charge in [-0.2, -0.15) is 0 Å². The smallest absolute Gasteiger partial charge is 0.330 e. The van der Waals surface area contributed by atoms with E-state index in [-0.39, 0.29) is 5.82 Å². The van der Waals surface area contributed by atoms with E-state index in [1.54, 1.807) is 24.3 Å². The van der Waals surface area contributed by atoms with Crippen molar-refractivity contribution in [2.24, 2.45) is 0 Å². The van der Waals surface area contributed by atoms with Gasteiger partial charge in [0.15, 0.2) is 0 Å². The largest absolute Gasteiger partial charge is 0.383 e. The third-order valence-corrected chi connectivity index (χ3v) is 3.47. The standard InChI is InChI=1S/C15H21N5O2/c1-3-4-8-20-13(16)12(14(21)18-15(20)22)19(2)10-11-6-5-7-17-9-11/h5-7,9H,3-4,8,10,16H2,1-2H3,(H,18,21,22). The first-order valence-electron chi connectivity index (χ1n) is 7.27. The van der Waals surface area contributed by atoms with Crippen molar-refractivity contribution in [1.29, 1.82) is 0 Å².